The van der Waals surface area contributed by atoms with Gasteiger partial charge in [0.05, 0.1) is 32.2 Å². The van der Waals surface area contributed by atoms with E-state index in [1.165, 1.54) is 11.1 Å². The summed E-state index contributed by atoms with van der Waals surface area (Å²) in [4.78, 5) is 127. The number of para-hydroxylation sites is 5. The number of anilines is 5. The van der Waals surface area contributed by atoms with Crippen molar-refractivity contribution in [3.05, 3.63) is 241 Å². The number of aldehydes is 1. The second-order valence-corrected chi connectivity index (χ2v) is 29.0. The zero-order valence-corrected chi connectivity index (χ0v) is 67.5. The van der Waals surface area contributed by atoms with Crippen LogP contribution in [0.15, 0.2) is 224 Å². The van der Waals surface area contributed by atoms with E-state index in [0.717, 1.165) is 84.7 Å². The lowest BCUT2D eigenvalue weighted by Gasteiger charge is -2.33. The van der Waals surface area contributed by atoms with E-state index in [9.17, 15) is 47.9 Å². The molecular formula is C87H102BrClN12O13. The van der Waals surface area contributed by atoms with Gasteiger partial charge in [-0.1, -0.05) is 131 Å². The number of piperidine rings is 2. The standard InChI is InChI=1S/C19H22N2O2.C18H20N2O2.C16H19N3O3.C11H14N2O.C10H12N2O.C8H8O2.C5H6BrNO2.ClH/c1-20(13-15-8-10-18(23-2)11-9-15)17-12-19(22)21(14-17)16-6-4-3-5-7-16;1-22-17-9-7-14(8-10-17)12-19-15-11-18(21)20(13-15)16-5-3-2-4-6-16;1-18(13-7-8-14(20)17-16(13)22)12-9-15(21)19(10-12)11-5-3-2-4-6-11;1-12-9-7-11(14)13(8-9)10-5-3-2-4-6-10;11-8-6-10(13)12(7-8)9-4-2-1-3-5-9;1-10-8-4-2-7(6-9)3-5-8;6-3-1-2-4(8)7-5(3)9;/h3-11,17H,12-14H2,1-2H3;2-10,15,19H,11-13H2,1H3;2-6,12-13H,7-10H2,1H3,(H,17,20,22);2-6,9,12H,7-8H2,1H3;1-5,8H,6-7,11H2;2-6H,1H3;3H,1-2H2,(H,7,8,9);1H. The van der Waals surface area contributed by atoms with E-state index in [1.807, 2.05) is 222 Å². The lowest BCUT2D eigenvalue weighted by atomic mass is 10.0. The Balaban J connectivity index is 0.000000170. The van der Waals surface area contributed by atoms with Crippen LogP contribution in [0.25, 0.3) is 0 Å². The number of nitrogens with zero attached hydrogens (tertiary/aromatic N) is 7. The minimum absolute atomic E-state index is 0. The summed E-state index contributed by atoms with van der Waals surface area (Å²) >= 11 is 3.12. The van der Waals surface area contributed by atoms with Crippen LogP contribution in [0.4, 0.5) is 28.4 Å². The number of imide groups is 2. The van der Waals surface area contributed by atoms with Gasteiger partial charge in [-0.2, -0.15) is 0 Å². The average Bonchev–Trinajstić information content (AvgIpc) is 1.68. The summed E-state index contributed by atoms with van der Waals surface area (Å²) < 4.78 is 15.2. The molecule has 0 radical (unpaired) electrons. The number of ether oxygens (including phenoxy) is 3. The number of likely N-dealkylation sites (N-methyl/N-ethyl adjacent to an activating group) is 3. The summed E-state index contributed by atoms with van der Waals surface area (Å²) in [5.74, 6) is 2.39. The Morgan fingerprint density at radius 1 is 0.447 bits per heavy atom. The van der Waals surface area contributed by atoms with Crippen LogP contribution in [-0.2, 0) is 56.2 Å². The molecule has 9 amide bonds. The Bertz CT molecular complexity index is 4420. The fourth-order valence-corrected chi connectivity index (χ4v) is 13.9. The van der Waals surface area contributed by atoms with E-state index in [4.69, 9.17) is 19.9 Å². The third-order valence-electron chi connectivity index (χ3n) is 20.0. The second-order valence-electron chi connectivity index (χ2n) is 27.9. The Kier molecular flexibility index (Phi) is 35.0. The van der Waals surface area contributed by atoms with E-state index in [1.54, 1.807) is 55.4 Å². The lowest BCUT2D eigenvalue weighted by Crippen LogP contribution is -2.54. The van der Waals surface area contributed by atoms with Gasteiger partial charge in [0.15, 0.2) is 0 Å². The van der Waals surface area contributed by atoms with E-state index in [0.29, 0.717) is 82.5 Å². The Hall–Kier alpha value is -11.0. The molecule has 6 N–H and O–H groups in total. The highest BCUT2D eigenvalue weighted by Gasteiger charge is 2.40. The number of carbonyl (C=O) groups excluding carboxylic acids is 10. The Morgan fingerprint density at radius 3 is 1.19 bits per heavy atom. The fraction of sp³-hybridized carbons (Fsp3) is 0.333. The van der Waals surface area contributed by atoms with E-state index >= 15 is 0 Å². The number of halogens is 2. The molecule has 7 fully saturated rings. The molecule has 8 aromatic rings. The average molecular weight is 1640 g/mol. The summed E-state index contributed by atoms with van der Waals surface area (Å²) in [6, 6.07) is 72.1. The molecule has 602 valence electrons. The molecule has 7 aliphatic heterocycles. The number of methoxy groups -OCH3 is 3. The molecule has 7 unspecified atom stereocenters. The molecule has 0 spiro atoms. The predicted octanol–water partition coefficient (Wildman–Crippen LogP) is 9.93. The van der Waals surface area contributed by atoms with Gasteiger partial charge in [0.2, 0.25) is 53.2 Å². The number of nitrogens with one attached hydrogen (secondary N) is 4. The van der Waals surface area contributed by atoms with Crippen molar-refractivity contribution in [3.8, 4) is 17.2 Å². The Labute approximate surface area is 681 Å². The van der Waals surface area contributed by atoms with Crippen molar-refractivity contribution >= 4 is 116 Å². The number of carbonyl (C=O) groups is 10. The number of rotatable bonds is 18. The first kappa shape index (κ1) is 88.6. The van der Waals surface area contributed by atoms with Crippen molar-refractivity contribution in [2.75, 3.05) is 99.7 Å². The van der Waals surface area contributed by atoms with Gasteiger partial charge in [-0.15, -0.1) is 12.4 Å². The summed E-state index contributed by atoms with van der Waals surface area (Å²) in [6.45, 7) is 5.03. The number of alkyl halides is 1. The highest BCUT2D eigenvalue weighted by molar-refractivity contribution is 9.10. The summed E-state index contributed by atoms with van der Waals surface area (Å²) in [5.41, 5.74) is 13.5. The molecule has 7 saturated heterocycles. The molecule has 0 bridgehead atoms. The van der Waals surface area contributed by atoms with Crippen LogP contribution in [0.1, 0.15) is 79.3 Å². The minimum atomic E-state index is -0.341. The highest BCUT2D eigenvalue weighted by atomic mass is 79.9. The van der Waals surface area contributed by atoms with Crippen LogP contribution in [-0.4, -0.2) is 186 Å². The van der Waals surface area contributed by atoms with Gasteiger partial charge in [-0.3, -0.25) is 68.4 Å². The fourth-order valence-electron chi connectivity index (χ4n) is 13.5. The first-order valence-corrected chi connectivity index (χ1v) is 38.6. The molecule has 0 aromatic heterocycles. The zero-order chi connectivity index (χ0) is 80.8. The molecule has 7 atom stereocenters. The van der Waals surface area contributed by atoms with Crippen molar-refractivity contribution in [1.29, 1.82) is 0 Å². The first-order valence-electron chi connectivity index (χ1n) is 37.7. The molecular weight excluding hydrogens is 1540 g/mol. The van der Waals surface area contributed by atoms with Crippen LogP contribution in [0.5, 0.6) is 17.2 Å². The monoisotopic (exact) mass is 1640 g/mol. The molecule has 15 rings (SSSR count). The molecule has 27 heteroatoms. The van der Waals surface area contributed by atoms with E-state index in [-0.39, 0.29) is 101 Å². The number of hydrogen-bond donors (Lipinski definition) is 5. The summed E-state index contributed by atoms with van der Waals surface area (Å²) in [7, 11) is 10.8. The lowest BCUT2D eigenvalue weighted by molar-refractivity contribution is -0.138. The maximum Gasteiger partial charge on any atom is 0.243 e. The molecule has 7 heterocycles. The van der Waals surface area contributed by atoms with Crippen LogP contribution in [0.2, 0.25) is 0 Å². The van der Waals surface area contributed by atoms with Crippen LogP contribution >= 0.6 is 28.3 Å². The maximum absolute atomic E-state index is 12.3. The summed E-state index contributed by atoms with van der Waals surface area (Å²) in [6.07, 6.45) is 5.31. The predicted molar refractivity (Wildman–Crippen MR) is 448 cm³/mol. The third-order valence-corrected chi connectivity index (χ3v) is 20.9. The number of hydrogen-bond acceptors (Lipinski definition) is 18. The molecule has 0 saturated carbocycles. The number of amides is 9. The normalized spacial score (nSPS) is 20.2. The van der Waals surface area contributed by atoms with Crippen molar-refractivity contribution in [3.63, 3.8) is 0 Å². The smallest absolute Gasteiger partial charge is 0.243 e. The van der Waals surface area contributed by atoms with Gasteiger partial charge in [0.1, 0.15) is 23.5 Å². The van der Waals surface area contributed by atoms with Crippen molar-refractivity contribution < 1.29 is 62.2 Å². The van der Waals surface area contributed by atoms with Crippen LogP contribution in [0.3, 0.4) is 0 Å². The SMILES string of the molecule is CN(C1CC(=O)N(c2ccccc2)C1)C1CCC(=O)NC1=O.CNC1CC(=O)N(c2ccccc2)C1.COc1ccc(C=O)cc1.COc1ccc(CN(C)C2CC(=O)N(c3ccccc3)C2)cc1.COc1ccc(CNC2CC(=O)N(c3ccccc3)C2)cc1.Cl.NC1CC(=O)N(c2ccccc2)C1.O=C1CCC(Br)C(=O)N1. The van der Waals surface area contributed by atoms with Gasteiger partial charge >= 0.3 is 0 Å². The highest BCUT2D eigenvalue weighted by Crippen LogP contribution is 2.29. The van der Waals surface area contributed by atoms with Gasteiger partial charge < -0.3 is 55.1 Å². The molecule has 25 nitrogen and oxygen atoms in total. The topological polar surface area (TPSA) is 295 Å². The summed E-state index contributed by atoms with van der Waals surface area (Å²) in [5, 5.41) is 11.2. The Morgan fingerprint density at radius 2 is 0.807 bits per heavy atom. The minimum Gasteiger partial charge on any atom is -0.497 e. The van der Waals surface area contributed by atoms with Gasteiger partial charge in [-0.05, 0) is 154 Å². The third kappa shape index (κ3) is 26.3. The maximum atomic E-state index is 12.3. The number of nitrogens with two attached hydrogens (primary N) is 1. The van der Waals surface area contributed by atoms with Crippen molar-refractivity contribution in [1.82, 2.24) is 31.1 Å². The molecule has 7 aliphatic rings. The molecule has 8 aromatic carbocycles. The van der Waals surface area contributed by atoms with Crippen LogP contribution in [0, 0.1) is 0 Å². The molecule has 114 heavy (non-hydrogen) atoms. The van der Waals surface area contributed by atoms with Gasteiger partial charge in [-0.25, -0.2) is 0 Å². The largest absolute Gasteiger partial charge is 0.497 e. The number of benzene rings is 8. The van der Waals surface area contributed by atoms with E-state index < -0.39 is 0 Å². The molecule has 0 aliphatic carbocycles. The van der Waals surface area contributed by atoms with Gasteiger partial charge in [0, 0.05) is 155 Å². The van der Waals surface area contributed by atoms with Crippen LogP contribution < -0.4 is 65.7 Å². The quantitative estimate of drug-likeness (QED) is 0.0303. The zero-order valence-electron chi connectivity index (χ0n) is 65.1. The second kappa shape index (κ2) is 45.1. The van der Waals surface area contributed by atoms with Crippen molar-refractivity contribution in [2.45, 2.75) is 112 Å². The van der Waals surface area contributed by atoms with Crippen molar-refractivity contribution in [2.24, 2.45) is 5.73 Å². The van der Waals surface area contributed by atoms with Gasteiger partial charge in [0.25, 0.3) is 0 Å². The first-order chi connectivity index (χ1) is 54.6. The van der Waals surface area contributed by atoms with E-state index in [2.05, 4.69) is 61.3 Å².